The van der Waals surface area contributed by atoms with Gasteiger partial charge in [0.05, 0.1) is 5.82 Å². The molecule has 1 N–H and O–H groups in total. The second-order valence-corrected chi connectivity index (χ2v) is 6.24. The molecule has 0 rings (SSSR count). The summed E-state index contributed by atoms with van der Waals surface area (Å²) in [5.74, 6) is 0.993. The molecule has 0 aromatic rings. The minimum Gasteiger partial charge on any atom is -0.368 e. The van der Waals surface area contributed by atoms with E-state index < -0.39 is 0 Å². The molecule has 0 spiro atoms. The van der Waals surface area contributed by atoms with E-state index in [1.165, 1.54) is 0 Å². The number of hydrogen-bond donors (Lipinski definition) is 1. The highest BCUT2D eigenvalue weighted by atomic mass is 15.2. The van der Waals surface area contributed by atoms with Crippen molar-refractivity contribution < 1.29 is 0 Å². The van der Waals surface area contributed by atoms with Gasteiger partial charge in [0.2, 0.25) is 0 Å². The van der Waals surface area contributed by atoms with E-state index in [2.05, 4.69) is 65.4 Å². The summed E-state index contributed by atoms with van der Waals surface area (Å²) in [7, 11) is 2.08. The summed E-state index contributed by atoms with van der Waals surface area (Å²) in [6.45, 7) is 18.2. The third-order valence-electron chi connectivity index (χ3n) is 1.69. The molecule has 0 aliphatic carbocycles. The summed E-state index contributed by atoms with van der Waals surface area (Å²) >= 11 is 0. The topological polar surface area (TPSA) is 15.3 Å². The van der Waals surface area contributed by atoms with E-state index in [1.54, 1.807) is 0 Å². The summed E-state index contributed by atoms with van der Waals surface area (Å²) in [4.78, 5) is 2.17. The van der Waals surface area contributed by atoms with E-state index in [9.17, 15) is 0 Å². The molecule has 14 heavy (non-hydrogen) atoms. The predicted molar refractivity (Wildman–Crippen MR) is 64.1 cm³/mol. The van der Waals surface area contributed by atoms with Crippen LogP contribution in [-0.4, -0.2) is 24.0 Å². The van der Waals surface area contributed by atoms with Crippen molar-refractivity contribution in [1.29, 1.82) is 0 Å². The zero-order valence-corrected chi connectivity index (χ0v) is 10.9. The molecule has 0 unspecified atom stereocenters. The highest BCUT2D eigenvalue weighted by Crippen LogP contribution is 2.16. The van der Waals surface area contributed by atoms with Crippen molar-refractivity contribution in [2.45, 2.75) is 47.1 Å². The highest BCUT2D eigenvalue weighted by molar-refractivity contribution is 4.95. The lowest BCUT2D eigenvalue weighted by Crippen LogP contribution is -2.42. The first kappa shape index (κ1) is 13.3. The third kappa shape index (κ3) is 6.81. The van der Waals surface area contributed by atoms with Gasteiger partial charge < -0.3 is 10.2 Å². The molecule has 0 saturated carbocycles. The smallest absolute Gasteiger partial charge is 0.0940 e. The minimum atomic E-state index is 0.0865. The number of nitrogens with one attached hydrogen (secondary N) is 1. The number of nitrogens with zero attached hydrogens (tertiary/aromatic N) is 1. The molecule has 0 fully saturated rings. The maximum Gasteiger partial charge on any atom is 0.0940 e. The monoisotopic (exact) mass is 198 g/mol. The fraction of sp³-hybridized carbons (Fsp3) is 0.833. The zero-order chi connectivity index (χ0) is 11.6. The lowest BCUT2D eigenvalue weighted by Gasteiger charge is -2.33. The Labute approximate surface area is 89.4 Å². The van der Waals surface area contributed by atoms with Gasteiger partial charge in [-0.25, -0.2) is 0 Å². The van der Waals surface area contributed by atoms with Gasteiger partial charge in [0.25, 0.3) is 0 Å². The van der Waals surface area contributed by atoms with Crippen LogP contribution in [0.15, 0.2) is 12.4 Å². The van der Waals surface area contributed by atoms with Crippen LogP contribution >= 0.6 is 0 Å². The molecule has 0 radical (unpaired) electrons. The van der Waals surface area contributed by atoms with Crippen molar-refractivity contribution in [2.24, 2.45) is 5.41 Å². The second-order valence-electron chi connectivity index (χ2n) is 6.24. The Morgan fingerprint density at radius 1 is 1.14 bits per heavy atom. The van der Waals surface area contributed by atoms with Gasteiger partial charge in [-0.1, -0.05) is 27.4 Å². The van der Waals surface area contributed by atoms with Gasteiger partial charge in [0, 0.05) is 19.1 Å². The maximum atomic E-state index is 4.04. The molecule has 0 heterocycles. The van der Waals surface area contributed by atoms with Gasteiger partial charge in [-0.15, -0.1) is 0 Å². The van der Waals surface area contributed by atoms with Crippen LogP contribution in [0.5, 0.6) is 0 Å². The summed E-state index contributed by atoms with van der Waals surface area (Å²) in [5.41, 5.74) is 0.389. The average molecular weight is 198 g/mol. The Hall–Kier alpha value is -0.660. The normalized spacial score (nSPS) is 12.5. The molecule has 0 atom stereocenters. The van der Waals surface area contributed by atoms with Gasteiger partial charge in [0.15, 0.2) is 0 Å². The van der Waals surface area contributed by atoms with E-state index >= 15 is 0 Å². The van der Waals surface area contributed by atoms with E-state index in [-0.39, 0.29) is 5.54 Å². The third-order valence-corrected chi connectivity index (χ3v) is 1.69. The van der Waals surface area contributed by atoms with Crippen molar-refractivity contribution >= 4 is 0 Å². The molecule has 0 aliphatic rings. The molecular weight excluding hydrogens is 172 g/mol. The van der Waals surface area contributed by atoms with Gasteiger partial charge in [-0.2, -0.15) is 0 Å². The Kier molecular flexibility index (Phi) is 4.04. The summed E-state index contributed by atoms with van der Waals surface area (Å²) < 4.78 is 0. The lowest BCUT2D eigenvalue weighted by molar-refractivity contribution is 0.244. The first-order valence-corrected chi connectivity index (χ1v) is 5.19. The maximum absolute atomic E-state index is 4.04. The largest absolute Gasteiger partial charge is 0.368 e. The Morgan fingerprint density at radius 2 is 1.57 bits per heavy atom. The minimum absolute atomic E-state index is 0.0865. The van der Waals surface area contributed by atoms with Gasteiger partial charge in [0.1, 0.15) is 0 Å². The number of rotatable bonds is 3. The van der Waals surface area contributed by atoms with Crippen LogP contribution in [0.1, 0.15) is 41.5 Å². The number of hydrogen-bond acceptors (Lipinski definition) is 2. The van der Waals surface area contributed by atoms with Gasteiger partial charge >= 0.3 is 0 Å². The van der Waals surface area contributed by atoms with E-state index in [4.69, 9.17) is 0 Å². The standard InChI is InChI=1S/C12H26N2/c1-10(13-12(5,6)7)14(8)9-11(2,3)4/h13H,1,9H2,2-8H3. The highest BCUT2D eigenvalue weighted by Gasteiger charge is 2.17. The second kappa shape index (κ2) is 4.24. The lowest BCUT2D eigenvalue weighted by atomic mass is 9.96. The summed E-state index contributed by atoms with van der Waals surface area (Å²) in [6, 6.07) is 0. The Bertz CT molecular complexity index is 193. The quantitative estimate of drug-likeness (QED) is 0.750. The van der Waals surface area contributed by atoms with Crippen molar-refractivity contribution in [3.05, 3.63) is 12.4 Å². The van der Waals surface area contributed by atoms with Crippen LogP contribution in [0.4, 0.5) is 0 Å². The fourth-order valence-electron chi connectivity index (χ4n) is 1.34. The van der Waals surface area contributed by atoms with Crippen LogP contribution in [0, 0.1) is 5.41 Å². The predicted octanol–water partition coefficient (Wildman–Crippen LogP) is 2.82. The van der Waals surface area contributed by atoms with E-state index in [1.807, 2.05) is 0 Å². The van der Waals surface area contributed by atoms with E-state index in [0.717, 1.165) is 12.4 Å². The molecule has 2 heteroatoms. The van der Waals surface area contributed by atoms with Crippen LogP contribution in [0.2, 0.25) is 0 Å². The Morgan fingerprint density at radius 3 is 1.86 bits per heavy atom. The molecule has 0 aromatic heterocycles. The fourth-order valence-corrected chi connectivity index (χ4v) is 1.34. The van der Waals surface area contributed by atoms with Crippen molar-refractivity contribution in [3.63, 3.8) is 0 Å². The van der Waals surface area contributed by atoms with Crippen molar-refractivity contribution in [2.75, 3.05) is 13.6 Å². The Balaban J connectivity index is 4.15. The first-order chi connectivity index (χ1) is 6.01. The van der Waals surface area contributed by atoms with Gasteiger partial charge in [-0.05, 0) is 26.2 Å². The molecule has 84 valence electrons. The van der Waals surface area contributed by atoms with Gasteiger partial charge in [-0.3, -0.25) is 0 Å². The van der Waals surface area contributed by atoms with Crippen LogP contribution in [0.3, 0.4) is 0 Å². The molecular formula is C12H26N2. The van der Waals surface area contributed by atoms with Crippen LogP contribution < -0.4 is 5.32 Å². The molecule has 0 saturated heterocycles. The molecule has 0 bridgehead atoms. The molecule has 2 nitrogen and oxygen atoms in total. The van der Waals surface area contributed by atoms with Crippen molar-refractivity contribution in [1.82, 2.24) is 10.2 Å². The SMILES string of the molecule is C=C(NC(C)(C)C)N(C)CC(C)(C)C. The first-order valence-electron chi connectivity index (χ1n) is 5.19. The molecule has 0 aromatic carbocycles. The average Bonchev–Trinajstić information content (AvgIpc) is 1.78. The molecule has 0 aliphatic heterocycles. The van der Waals surface area contributed by atoms with Crippen molar-refractivity contribution in [3.8, 4) is 0 Å². The zero-order valence-electron chi connectivity index (χ0n) is 10.9. The molecule has 0 amide bonds. The summed E-state index contributed by atoms with van der Waals surface area (Å²) in [5, 5.41) is 3.37. The van der Waals surface area contributed by atoms with Crippen LogP contribution in [-0.2, 0) is 0 Å². The summed E-state index contributed by atoms with van der Waals surface area (Å²) in [6.07, 6.45) is 0. The van der Waals surface area contributed by atoms with Crippen LogP contribution in [0.25, 0.3) is 0 Å². The van der Waals surface area contributed by atoms with E-state index in [0.29, 0.717) is 5.41 Å².